The van der Waals surface area contributed by atoms with Crippen LogP contribution < -0.4 is 10.6 Å². The molecule has 1 heterocycles. The van der Waals surface area contributed by atoms with E-state index in [1.807, 2.05) is 0 Å². The molecule has 0 aliphatic carbocycles. The fourth-order valence-electron chi connectivity index (χ4n) is 1.53. The van der Waals surface area contributed by atoms with Crippen LogP contribution in [-0.4, -0.2) is 17.8 Å². The topological polar surface area (TPSA) is 75.3 Å². The van der Waals surface area contributed by atoms with E-state index in [0.717, 1.165) is 0 Å². The zero-order valence-corrected chi connectivity index (χ0v) is 8.51. The number of hydrogen-bond donors (Lipinski definition) is 2. The second-order valence-corrected chi connectivity index (χ2v) is 3.48. The second kappa shape index (κ2) is 4.00. The fourth-order valence-corrected chi connectivity index (χ4v) is 1.53. The summed E-state index contributed by atoms with van der Waals surface area (Å²) in [6.07, 6.45) is -2.94. The van der Waals surface area contributed by atoms with Crippen LogP contribution >= 0.6 is 0 Å². The lowest BCUT2D eigenvalue weighted by Crippen LogP contribution is -2.64. The van der Waals surface area contributed by atoms with Gasteiger partial charge in [-0.15, -0.1) is 0 Å². The van der Waals surface area contributed by atoms with Crippen molar-refractivity contribution in [2.75, 3.05) is 0 Å². The van der Waals surface area contributed by atoms with E-state index in [1.54, 1.807) is 17.6 Å². The van der Waals surface area contributed by atoms with E-state index in [1.165, 1.54) is 6.92 Å². The third-order valence-electron chi connectivity index (χ3n) is 2.72. The predicted molar refractivity (Wildman–Crippen MR) is 53.9 cm³/mol. The molecule has 5 nitrogen and oxygen atoms in total. The summed E-state index contributed by atoms with van der Waals surface area (Å²) in [5.41, 5.74) is -2.49. The third kappa shape index (κ3) is 1.62. The molecular formula is C10H16N2O3. The molecule has 0 saturated carbocycles. The predicted octanol–water partition coefficient (Wildman–Crippen LogP) is 0.795. The molecule has 0 bridgehead atoms. The van der Waals surface area contributed by atoms with Crippen molar-refractivity contribution in [2.45, 2.75) is 33.5 Å². The zero-order chi connectivity index (χ0) is 15.9. The van der Waals surface area contributed by atoms with Gasteiger partial charge in [0.05, 0.1) is 0 Å². The lowest BCUT2D eigenvalue weighted by Gasteiger charge is -2.37. The standard InChI is InChI=1S/C10H16N2O3/c1-4-6(3)10(5-2)7(13)11-9(15)12-8(10)14/h6H,4-5H2,1-3H3,(H2,11,12,13,14,15)/i2D3,5D2. The fraction of sp³-hybridized carbons (Fsp3) is 0.700. The molecule has 1 unspecified atom stereocenters. The molecule has 1 aliphatic heterocycles. The quantitative estimate of drug-likeness (QED) is 0.686. The molecule has 0 spiro atoms. The first kappa shape index (κ1) is 6.25. The Balaban J connectivity index is 3.57. The highest BCUT2D eigenvalue weighted by molar-refractivity contribution is 6.19. The average Bonchev–Trinajstić information content (AvgIpc) is 2.25. The summed E-state index contributed by atoms with van der Waals surface area (Å²) in [6, 6.07) is -1.08. The van der Waals surface area contributed by atoms with E-state index < -0.39 is 42.4 Å². The molecule has 84 valence electrons. The van der Waals surface area contributed by atoms with Crippen LogP contribution in [-0.2, 0) is 9.59 Å². The monoisotopic (exact) mass is 217 g/mol. The SMILES string of the molecule is [2H]C([2H])([2H])C([2H])([2H])C1(C(C)CC)C(=O)NC(=O)NC1=O. The lowest BCUT2D eigenvalue weighted by atomic mass is 9.70. The van der Waals surface area contributed by atoms with Gasteiger partial charge in [0.2, 0.25) is 11.8 Å². The first-order valence-electron chi connectivity index (χ1n) is 7.09. The van der Waals surface area contributed by atoms with Crippen LogP contribution in [0.15, 0.2) is 0 Å². The van der Waals surface area contributed by atoms with Crippen LogP contribution in [0.25, 0.3) is 0 Å². The highest BCUT2D eigenvalue weighted by atomic mass is 16.2. The molecule has 0 aromatic carbocycles. The highest BCUT2D eigenvalue weighted by Gasteiger charge is 2.51. The summed E-state index contributed by atoms with van der Waals surface area (Å²) in [6.45, 7) is -0.205. The number of rotatable bonds is 3. The first-order chi connectivity index (χ1) is 8.92. The van der Waals surface area contributed by atoms with Gasteiger partial charge < -0.3 is 0 Å². The molecule has 1 rings (SSSR count). The van der Waals surface area contributed by atoms with Gasteiger partial charge in [-0.25, -0.2) is 4.79 Å². The minimum absolute atomic E-state index is 0.185. The molecule has 1 saturated heterocycles. The summed E-state index contributed by atoms with van der Waals surface area (Å²) in [4.78, 5) is 35.4. The molecule has 1 atom stereocenters. The normalized spacial score (nSPS) is 28.7. The number of amides is 4. The molecule has 15 heavy (non-hydrogen) atoms. The van der Waals surface area contributed by atoms with Crippen molar-refractivity contribution < 1.29 is 21.2 Å². The van der Waals surface area contributed by atoms with Crippen molar-refractivity contribution in [3.05, 3.63) is 0 Å². The smallest absolute Gasteiger partial charge is 0.277 e. The van der Waals surface area contributed by atoms with Gasteiger partial charge in [0.1, 0.15) is 5.41 Å². The minimum atomic E-state index is -3.20. The van der Waals surface area contributed by atoms with E-state index in [9.17, 15) is 14.4 Å². The van der Waals surface area contributed by atoms with Crippen LogP contribution in [0.5, 0.6) is 0 Å². The number of barbiturate groups is 1. The minimum Gasteiger partial charge on any atom is -0.277 e. The van der Waals surface area contributed by atoms with E-state index in [-0.39, 0.29) is 6.42 Å². The Morgan fingerprint density at radius 2 is 1.93 bits per heavy atom. The highest BCUT2D eigenvalue weighted by Crippen LogP contribution is 2.35. The Hall–Kier alpha value is -1.39. The van der Waals surface area contributed by atoms with Crippen molar-refractivity contribution in [2.24, 2.45) is 11.3 Å². The summed E-state index contributed by atoms with van der Waals surface area (Å²) >= 11 is 0. The Bertz CT molecular complexity index is 440. The van der Waals surface area contributed by atoms with E-state index >= 15 is 0 Å². The third-order valence-corrected chi connectivity index (χ3v) is 2.72. The van der Waals surface area contributed by atoms with Gasteiger partial charge in [0.25, 0.3) is 0 Å². The lowest BCUT2D eigenvalue weighted by molar-refractivity contribution is -0.148. The van der Waals surface area contributed by atoms with Crippen LogP contribution in [0.2, 0.25) is 0 Å². The molecule has 2 N–H and O–H groups in total. The maximum Gasteiger partial charge on any atom is 0.328 e. The summed E-state index contributed by atoms with van der Waals surface area (Å²) in [7, 11) is 0. The average molecular weight is 217 g/mol. The van der Waals surface area contributed by atoms with Crippen molar-refractivity contribution in [1.82, 2.24) is 10.6 Å². The van der Waals surface area contributed by atoms with Crippen LogP contribution in [0.4, 0.5) is 4.79 Å². The maximum atomic E-state index is 12.1. The zero-order valence-electron chi connectivity index (χ0n) is 13.5. The molecule has 0 aromatic rings. The van der Waals surface area contributed by atoms with Gasteiger partial charge in [0, 0.05) is 6.85 Å². The molecule has 1 aliphatic rings. The van der Waals surface area contributed by atoms with Crippen LogP contribution in [0.3, 0.4) is 0 Å². The van der Waals surface area contributed by atoms with Crippen molar-refractivity contribution >= 4 is 17.8 Å². The Kier molecular flexibility index (Phi) is 1.67. The summed E-state index contributed by atoms with van der Waals surface area (Å²) in [5, 5.41) is 3.59. The molecule has 0 aromatic heterocycles. The van der Waals surface area contributed by atoms with Crippen molar-refractivity contribution in [3.63, 3.8) is 0 Å². The molecule has 5 heteroatoms. The largest absolute Gasteiger partial charge is 0.328 e. The van der Waals surface area contributed by atoms with Crippen LogP contribution in [0.1, 0.15) is 40.3 Å². The molecule has 0 radical (unpaired) electrons. The number of hydrogen-bond acceptors (Lipinski definition) is 3. The number of imide groups is 2. The van der Waals surface area contributed by atoms with E-state index in [4.69, 9.17) is 6.85 Å². The van der Waals surface area contributed by atoms with Gasteiger partial charge in [0.15, 0.2) is 0 Å². The first-order valence-corrected chi connectivity index (χ1v) is 4.59. The molecular weight excluding hydrogens is 196 g/mol. The van der Waals surface area contributed by atoms with E-state index in [0.29, 0.717) is 0 Å². The van der Waals surface area contributed by atoms with Gasteiger partial charge in [-0.05, 0) is 12.3 Å². The van der Waals surface area contributed by atoms with E-state index in [2.05, 4.69) is 0 Å². The van der Waals surface area contributed by atoms with Gasteiger partial charge in [-0.1, -0.05) is 27.1 Å². The van der Waals surface area contributed by atoms with Crippen molar-refractivity contribution in [3.8, 4) is 0 Å². The number of urea groups is 1. The Morgan fingerprint density at radius 3 is 2.33 bits per heavy atom. The number of carbonyl (C=O) groups excluding carboxylic acids is 3. The summed E-state index contributed by atoms with van der Waals surface area (Å²) in [5.74, 6) is -3.35. The molecule has 1 fully saturated rings. The second-order valence-electron chi connectivity index (χ2n) is 3.48. The van der Waals surface area contributed by atoms with Crippen LogP contribution in [0, 0.1) is 11.3 Å². The van der Waals surface area contributed by atoms with Gasteiger partial charge in [-0.3, -0.25) is 20.2 Å². The van der Waals surface area contributed by atoms with Crippen molar-refractivity contribution in [1.29, 1.82) is 0 Å². The Morgan fingerprint density at radius 1 is 1.40 bits per heavy atom. The molecule has 4 amide bonds. The summed E-state index contributed by atoms with van der Waals surface area (Å²) < 4.78 is 37.6. The van der Waals surface area contributed by atoms with Gasteiger partial charge >= 0.3 is 6.03 Å². The maximum absolute atomic E-state index is 12.1. The number of carbonyl (C=O) groups is 3. The Labute approximate surface area is 95.6 Å². The number of nitrogens with one attached hydrogen (secondary N) is 2. The van der Waals surface area contributed by atoms with Gasteiger partial charge in [-0.2, -0.15) is 0 Å².